The molecule has 0 amide bonds. The van der Waals surface area contributed by atoms with Crippen LogP contribution in [0.5, 0.6) is 0 Å². The summed E-state index contributed by atoms with van der Waals surface area (Å²) in [5.74, 6) is 0.106. The molecule has 3 rings (SSSR count). The highest BCUT2D eigenvalue weighted by molar-refractivity contribution is 6.06. The second kappa shape index (κ2) is 5.51. The fourth-order valence-electron chi connectivity index (χ4n) is 2.98. The van der Waals surface area contributed by atoms with Crippen molar-refractivity contribution in [3.05, 3.63) is 64.9 Å². The molecule has 3 nitrogen and oxygen atoms in total. The molecule has 2 aromatic carbocycles. The van der Waals surface area contributed by atoms with E-state index in [1.165, 1.54) is 0 Å². The first-order valence-corrected chi connectivity index (χ1v) is 7.58. The van der Waals surface area contributed by atoms with Gasteiger partial charge in [-0.3, -0.25) is 9.59 Å². The lowest BCUT2D eigenvalue weighted by molar-refractivity contribution is 0.100. The lowest BCUT2D eigenvalue weighted by atomic mass is 10.0. The van der Waals surface area contributed by atoms with Crippen molar-refractivity contribution in [1.29, 1.82) is 0 Å². The van der Waals surface area contributed by atoms with Crippen molar-refractivity contribution in [1.82, 2.24) is 4.90 Å². The van der Waals surface area contributed by atoms with Gasteiger partial charge in [0.2, 0.25) is 0 Å². The number of ketones is 2. The standard InChI is InChI=1S/C20H19NO2/c1-12(22)14-5-7-16-17-8-6-15(13(2)23)10-19(17)20(11-21(3)4)18(16)9-14/h5-11H,1-4H3. The van der Waals surface area contributed by atoms with Crippen LogP contribution in [0, 0.1) is 0 Å². The molecule has 0 spiro atoms. The molecule has 1 aliphatic carbocycles. The topological polar surface area (TPSA) is 37.4 Å². The number of fused-ring (bicyclic) bond motifs is 3. The summed E-state index contributed by atoms with van der Waals surface area (Å²) >= 11 is 0. The third-order valence-corrected chi connectivity index (χ3v) is 4.11. The summed E-state index contributed by atoms with van der Waals surface area (Å²) < 4.78 is 0. The van der Waals surface area contributed by atoms with E-state index in [1.54, 1.807) is 13.8 Å². The molecule has 0 saturated heterocycles. The Hall–Kier alpha value is -2.68. The molecule has 0 heterocycles. The van der Waals surface area contributed by atoms with Crippen LogP contribution in [0.4, 0.5) is 0 Å². The minimum absolute atomic E-state index is 0.0531. The average Bonchev–Trinajstić information content (AvgIpc) is 2.79. The van der Waals surface area contributed by atoms with Gasteiger partial charge >= 0.3 is 0 Å². The van der Waals surface area contributed by atoms with E-state index in [2.05, 4.69) is 0 Å². The van der Waals surface area contributed by atoms with Crippen LogP contribution in [-0.2, 0) is 0 Å². The number of hydrogen-bond acceptors (Lipinski definition) is 3. The van der Waals surface area contributed by atoms with E-state index in [1.807, 2.05) is 61.6 Å². The Bertz CT molecular complexity index is 794. The van der Waals surface area contributed by atoms with Gasteiger partial charge in [0.15, 0.2) is 11.6 Å². The number of benzene rings is 2. The van der Waals surface area contributed by atoms with Crippen LogP contribution in [0.2, 0.25) is 0 Å². The predicted octanol–water partition coefficient (Wildman–Crippen LogP) is 4.02. The van der Waals surface area contributed by atoms with E-state index < -0.39 is 0 Å². The number of hydrogen-bond donors (Lipinski definition) is 0. The molecule has 0 saturated carbocycles. The first-order chi connectivity index (χ1) is 10.9. The van der Waals surface area contributed by atoms with Crippen LogP contribution in [-0.4, -0.2) is 30.6 Å². The molecule has 0 aliphatic heterocycles. The van der Waals surface area contributed by atoms with Gasteiger partial charge in [-0.25, -0.2) is 0 Å². The van der Waals surface area contributed by atoms with Crippen molar-refractivity contribution < 1.29 is 9.59 Å². The number of carbonyl (C=O) groups is 2. The zero-order valence-corrected chi connectivity index (χ0v) is 13.8. The van der Waals surface area contributed by atoms with E-state index in [4.69, 9.17) is 0 Å². The summed E-state index contributed by atoms with van der Waals surface area (Å²) in [7, 11) is 3.93. The van der Waals surface area contributed by atoms with E-state index in [0.717, 1.165) is 27.8 Å². The molecule has 1 aliphatic rings. The predicted molar refractivity (Wildman–Crippen MR) is 92.7 cm³/mol. The van der Waals surface area contributed by atoms with Crippen molar-refractivity contribution in [2.24, 2.45) is 0 Å². The zero-order chi connectivity index (χ0) is 16.7. The van der Waals surface area contributed by atoms with Crippen LogP contribution in [0.1, 0.15) is 45.7 Å². The Morgan fingerprint density at radius 1 is 0.783 bits per heavy atom. The Balaban J connectivity index is 2.28. The van der Waals surface area contributed by atoms with E-state index in [-0.39, 0.29) is 11.6 Å². The third kappa shape index (κ3) is 2.59. The molecule has 0 radical (unpaired) electrons. The largest absolute Gasteiger partial charge is 0.383 e. The quantitative estimate of drug-likeness (QED) is 0.686. The second-order valence-electron chi connectivity index (χ2n) is 6.14. The fourth-order valence-corrected chi connectivity index (χ4v) is 2.98. The molecule has 23 heavy (non-hydrogen) atoms. The van der Waals surface area contributed by atoms with Crippen LogP contribution in [0.15, 0.2) is 42.6 Å². The summed E-state index contributed by atoms with van der Waals surface area (Å²) in [6.07, 6.45) is 2.04. The van der Waals surface area contributed by atoms with Gasteiger partial charge in [-0.05, 0) is 48.2 Å². The van der Waals surface area contributed by atoms with Crippen LogP contribution in [0.25, 0.3) is 16.7 Å². The molecule has 0 N–H and O–H groups in total. The molecule has 0 bridgehead atoms. The number of carbonyl (C=O) groups excluding carboxylic acids is 2. The van der Waals surface area contributed by atoms with Gasteiger partial charge in [0.05, 0.1) is 0 Å². The molecule has 0 fully saturated rings. The highest BCUT2D eigenvalue weighted by Gasteiger charge is 2.25. The number of Topliss-reactive ketones (excluding diaryl/α,β-unsaturated/α-hetero) is 2. The molecule has 0 unspecified atom stereocenters. The highest BCUT2D eigenvalue weighted by atomic mass is 16.1. The molecule has 3 heteroatoms. The first kappa shape index (κ1) is 15.2. The molecule has 116 valence electrons. The fraction of sp³-hybridized carbons (Fsp3) is 0.200. The SMILES string of the molecule is CC(=O)c1ccc2c(c1)C(=CN(C)C)c1cc(C(C)=O)ccc1-2. The lowest BCUT2D eigenvalue weighted by Crippen LogP contribution is -2.03. The zero-order valence-electron chi connectivity index (χ0n) is 13.8. The smallest absolute Gasteiger partial charge is 0.159 e. The maximum atomic E-state index is 11.7. The lowest BCUT2D eigenvalue weighted by Gasteiger charge is -2.10. The van der Waals surface area contributed by atoms with Crippen LogP contribution in [0.3, 0.4) is 0 Å². The Morgan fingerprint density at radius 3 is 1.57 bits per heavy atom. The van der Waals surface area contributed by atoms with Crippen LogP contribution < -0.4 is 0 Å². The van der Waals surface area contributed by atoms with Crippen molar-refractivity contribution in [2.75, 3.05) is 14.1 Å². The Morgan fingerprint density at radius 2 is 1.22 bits per heavy atom. The molecular weight excluding hydrogens is 286 g/mol. The summed E-state index contributed by atoms with van der Waals surface area (Å²) in [6, 6.07) is 11.6. The van der Waals surface area contributed by atoms with E-state index >= 15 is 0 Å². The van der Waals surface area contributed by atoms with Crippen LogP contribution >= 0.6 is 0 Å². The number of nitrogens with zero attached hydrogens (tertiary/aromatic N) is 1. The van der Waals surface area contributed by atoms with Gasteiger partial charge in [-0.1, -0.05) is 24.3 Å². The summed E-state index contributed by atoms with van der Waals surface area (Å²) in [5, 5.41) is 0. The van der Waals surface area contributed by atoms with E-state index in [0.29, 0.717) is 11.1 Å². The van der Waals surface area contributed by atoms with Gasteiger partial charge in [-0.15, -0.1) is 0 Å². The van der Waals surface area contributed by atoms with Gasteiger partial charge in [0, 0.05) is 37.0 Å². The molecule has 0 aromatic heterocycles. The van der Waals surface area contributed by atoms with Crippen molar-refractivity contribution >= 4 is 17.1 Å². The summed E-state index contributed by atoms with van der Waals surface area (Å²) in [6.45, 7) is 3.15. The molecule has 0 atom stereocenters. The highest BCUT2D eigenvalue weighted by Crippen LogP contribution is 2.45. The maximum absolute atomic E-state index is 11.7. The summed E-state index contributed by atoms with van der Waals surface area (Å²) in [4.78, 5) is 25.4. The van der Waals surface area contributed by atoms with Gasteiger partial charge in [0.25, 0.3) is 0 Å². The first-order valence-electron chi connectivity index (χ1n) is 7.58. The van der Waals surface area contributed by atoms with Gasteiger partial charge in [-0.2, -0.15) is 0 Å². The second-order valence-corrected chi connectivity index (χ2v) is 6.14. The van der Waals surface area contributed by atoms with E-state index in [9.17, 15) is 9.59 Å². The van der Waals surface area contributed by atoms with Crippen molar-refractivity contribution in [3.63, 3.8) is 0 Å². The molecule has 2 aromatic rings. The summed E-state index contributed by atoms with van der Waals surface area (Å²) in [5.41, 5.74) is 6.75. The minimum Gasteiger partial charge on any atom is -0.383 e. The maximum Gasteiger partial charge on any atom is 0.159 e. The van der Waals surface area contributed by atoms with Crippen molar-refractivity contribution in [2.45, 2.75) is 13.8 Å². The molecular formula is C20H19NO2. The minimum atomic E-state index is 0.0531. The third-order valence-electron chi connectivity index (χ3n) is 4.11. The van der Waals surface area contributed by atoms with Gasteiger partial charge < -0.3 is 4.90 Å². The number of rotatable bonds is 3. The Kier molecular flexibility index (Phi) is 3.64. The van der Waals surface area contributed by atoms with Gasteiger partial charge in [0.1, 0.15) is 0 Å². The average molecular weight is 305 g/mol. The normalized spacial score (nSPS) is 11.7. The van der Waals surface area contributed by atoms with Crippen molar-refractivity contribution in [3.8, 4) is 11.1 Å². The Labute approximate surface area is 136 Å². The monoisotopic (exact) mass is 305 g/mol.